The van der Waals surface area contributed by atoms with Crippen LogP contribution in [0.15, 0.2) is 35.2 Å². The zero-order chi connectivity index (χ0) is 23.3. The SMILES string of the molecule is Cc1ccc2c(C(=O)N3CCC4(CC3)CC(=O)c3cc(F)ccc3S4)c(NC(N)=O)sc2n1. The second kappa shape index (κ2) is 8.11. The fraction of sp³-hybridized carbons (Fsp3) is 0.304. The number of urea groups is 1. The van der Waals surface area contributed by atoms with E-state index in [9.17, 15) is 18.8 Å². The van der Waals surface area contributed by atoms with E-state index in [1.807, 2.05) is 19.1 Å². The molecule has 0 atom stereocenters. The molecule has 1 saturated heterocycles. The third kappa shape index (κ3) is 3.97. The Morgan fingerprint density at radius 1 is 1.21 bits per heavy atom. The number of ketones is 1. The monoisotopic (exact) mass is 484 g/mol. The summed E-state index contributed by atoms with van der Waals surface area (Å²) < 4.78 is 13.3. The van der Waals surface area contributed by atoms with E-state index in [2.05, 4.69) is 10.3 Å². The van der Waals surface area contributed by atoms with E-state index in [0.717, 1.165) is 10.6 Å². The highest BCUT2D eigenvalue weighted by Gasteiger charge is 2.43. The number of halogens is 1. The Morgan fingerprint density at radius 2 is 1.97 bits per heavy atom. The third-order valence-electron chi connectivity index (χ3n) is 6.16. The molecule has 4 heterocycles. The fourth-order valence-electron chi connectivity index (χ4n) is 4.50. The van der Waals surface area contributed by atoms with Crippen LogP contribution in [0.5, 0.6) is 0 Å². The molecule has 33 heavy (non-hydrogen) atoms. The van der Waals surface area contributed by atoms with Gasteiger partial charge in [0.05, 0.1) is 5.56 Å². The molecule has 3 N–H and O–H groups in total. The maximum Gasteiger partial charge on any atom is 0.317 e. The van der Waals surface area contributed by atoms with E-state index in [4.69, 9.17) is 5.73 Å². The average molecular weight is 485 g/mol. The van der Waals surface area contributed by atoms with Gasteiger partial charge in [0.15, 0.2) is 5.78 Å². The molecule has 1 spiro atoms. The number of aryl methyl sites for hydroxylation is 1. The number of thiophene rings is 1. The lowest BCUT2D eigenvalue weighted by Gasteiger charge is -2.43. The molecule has 170 valence electrons. The Morgan fingerprint density at radius 3 is 2.70 bits per heavy atom. The molecular formula is C23H21FN4O3S2. The molecule has 5 rings (SSSR count). The van der Waals surface area contributed by atoms with E-state index in [1.165, 1.54) is 23.5 Å². The first kappa shape index (κ1) is 21.8. The van der Waals surface area contributed by atoms with Gasteiger partial charge in [0, 0.05) is 45.8 Å². The van der Waals surface area contributed by atoms with Gasteiger partial charge in [-0.2, -0.15) is 0 Å². The lowest BCUT2D eigenvalue weighted by atomic mass is 9.87. The number of piperidine rings is 1. The first-order valence-electron chi connectivity index (χ1n) is 10.5. The number of nitrogens with two attached hydrogens (primary N) is 1. The molecule has 3 amide bonds. The quantitative estimate of drug-likeness (QED) is 0.554. The van der Waals surface area contributed by atoms with Gasteiger partial charge in [0.25, 0.3) is 5.91 Å². The number of aromatic nitrogens is 1. The number of carbonyl (C=O) groups excluding carboxylic acids is 3. The molecule has 2 aliphatic rings. The summed E-state index contributed by atoms with van der Waals surface area (Å²) in [4.78, 5) is 45.5. The van der Waals surface area contributed by atoms with Crippen LogP contribution in [-0.2, 0) is 0 Å². The van der Waals surface area contributed by atoms with Crippen molar-refractivity contribution in [2.24, 2.45) is 5.73 Å². The molecule has 7 nitrogen and oxygen atoms in total. The number of likely N-dealkylation sites (tertiary alicyclic amines) is 1. The summed E-state index contributed by atoms with van der Waals surface area (Å²) >= 11 is 2.84. The van der Waals surface area contributed by atoms with E-state index in [-0.39, 0.29) is 16.4 Å². The summed E-state index contributed by atoms with van der Waals surface area (Å²) in [6, 6.07) is 7.28. The largest absolute Gasteiger partial charge is 0.351 e. The van der Waals surface area contributed by atoms with Crippen molar-refractivity contribution in [3.05, 3.63) is 53.0 Å². The highest BCUT2D eigenvalue weighted by molar-refractivity contribution is 8.01. The first-order chi connectivity index (χ1) is 15.7. The highest BCUT2D eigenvalue weighted by Crippen LogP contribution is 2.49. The van der Waals surface area contributed by atoms with Gasteiger partial charge in [-0.15, -0.1) is 11.8 Å². The normalized spacial score (nSPS) is 17.3. The lowest BCUT2D eigenvalue weighted by Crippen LogP contribution is -2.47. The van der Waals surface area contributed by atoms with Gasteiger partial charge in [-0.1, -0.05) is 11.3 Å². The minimum absolute atomic E-state index is 0.0544. The summed E-state index contributed by atoms with van der Waals surface area (Å²) in [5.41, 5.74) is 6.98. The number of primary amides is 1. The number of thioether (sulfide) groups is 1. The Labute approximate surface area is 197 Å². The van der Waals surface area contributed by atoms with Crippen molar-refractivity contribution >= 4 is 56.0 Å². The van der Waals surface area contributed by atoms with Crippen molar-refractivity contribution in [2.75, 3.05) is 18.4 Å². The number of hydrogen-bond donors (Lipinski definition) is 2. The van der Waals surface area contributed by atoms with Gasteiger partial charge in [-0.25, -0.2) is 14.2 Å². The van der Waals surface area contributed by atoms with Crippen LogP contribution in [0.1, 0.15) is 45.7 Å². The second-order valence-corrected chi connectivity index (χ2v) is 10.9. The van der Waals surface area contributed by atoms with Gasteiger partial charge < -0.3 is 10.6 Å². The van der Waals surface area contributed by atoms with Crippen LogP contribution in [0.2, 0.25) is 0 Å². The molecular weight excluding hydrogens is 463 g/mol. The number of Topliss-reactive ketones (excluding diaryl/α,β-unsaturated/α-hetero) is 1. The zero-order valence-corrected chi connectivity index (χ0v) is 19.4. The van der Waals surface area contributed by atoms with Gasteiger partial charge in [0.2, 0.25) is 0 Å². The van der Waals surface area contributed by atoms with E-state index >= 15 is 0 Å². The van der Waals surface area contributed by atoms with Crippen LogP contribution in [0.3, 0.4) is 0 Å². The van der Waals surface area contributed by atoms with Gasteiger partial charge >= 0.3 is 6.03 Å². The molecule has 0 aliphatic carbocycles. The first-order valence-corrected chi connectivity index (χ1v) is 12.2. The summed E-state index contributed by atoms with van der Waals surface area (Å²) in [5.74, 6) is -0.659. The molecule has 1 fully saturated rings. The zero-order valence-electron chi connectivity index (χ0n) is 17.8. The number of amides is 3. The molecule has 0 unspecified atom stereocenters. The smallest absolute Gasteiger partial charge is 0.317 e. The number of anilines is 1. The Balaban J connectivity index is 1.39. The van der Waals surface area contributed by atoms with E-state index < -0.39 is 11.8 Å². The van der Waals surface area contributed by atoms with Crippen molar-refractivity contribution < 1.29 is 18.8 Å². The Bertz CT molecular complexity index is 1310. The topological polar surface area (TPSA) is 105 Å². The van der Waals surface area contributed by atoms with Gasteiger partial charge in [0.1, 0.15) is 15.6 Å². The van der Waals surface area contributed by atoms with Crippen LogP contribution >= 0.6 is 23.1 Å². The predicted octanol–water partition coefficient (Wildman–Crippen LogP) is 4.59. The van der Waals surface area contributed by atoms with Crippen molar-refractivity contribution in [3.63, 3.8) is 0 Å². The summed E-state index contributed by atoms with van der Waals surface area (Å²) in [7, 11) is 0. The van der Waals surface area contributed by atoms with E-state index in [0.29, 0.717) is 58.7 Å². The van der Waals surface area contributed by atoms with Crippen LogP contribution < -0.4 is 11.1 Å². The van der Waals surface area contributed by atoms with Gasteiger partial charge in [-0.3, -0.25) is 14.9 Å². The molecule has 2 aromatic heterocycles. The maximum absolute atomic E-state index is 13.6. The number of nitrogens with zero attached hydrogens (tertiary/aromatic N) is 2. The van der Waals surface area contributed by atoms with Crippen molar-refractivity contribution in [3.8, 4) is 0 Å². The number of benzene rings is 1. The van der Waals surface area contributed by atoms with Gasteiger partial charge in [-0.05, 0) is 50.1 Å². The molecule has 1 aromatic carbocycles. The van der Waals surface area contributed by atoms with Crippen LogP contribution in [0.25, 0.3) is 10.2 Å². The lowest BCUT2D eigenvalue weighted by molar-refractivity contribution is 0.0699. The van der Waals surface area contributed by atoms with Crippen molar-refractivity contribution in [1.29, 1.82) is 0 Å². The number of pyridine rings is 1. The number of fused-ring (bicyclic) bond motifs is 2. The van der Waals surface area contributed by atoms with Crippen molar-refractivity contribution in [2.45, 2.75) is 35.8 Å². The molecule has 10 heteroatoms. The number of carbonyl (C=O) groups is 3. The van der Waals surface area contributed by atoms with Crippen LogP contribution in [-0.4, -0.2) is 45.4 Å². The Hall–Kier alpha value is -2.98. The molecule has 2 aliphatic heterocycles. The molecule has 0 saturated carbocycles. The number of hydrogen-bond acceptors (Lipinski definition) is 6. The van der Waals surface area contributed by atoms with Crippen LogP contribution in [0.4, 0.5) is 14.2 Å². The van der Waals surface area contributed by atoms with E-state index in [1.54, 1.807) is 22.7 Å². The maximum atomic E-state index is 13.6. The predicted molar refractivity (Wildman–Crippen MR) is 127 cm³/mol. The fourth-order valence-corrected chi connectivity index (χ4v) is 7.09. The standard InChI is InChI=1S/C23H21FN4O3S2/c1-12-2-4-14-18(20(27-22(25)31)32-19(14)26-12)21(30)28-8-6-23(7-9-28)11-16(29)15-10-13(24)3-5-17(15)33-23/h2-5,10H,6-9,11H2,1H3,(H3,25,27,31). The number of rotatable bonds is 2. The third-order valence-corrected chi connectivity index (χ3v) is 8.73. The minimum Gasteiger partial charge on any atom is -0.351 e. The molecule has 0 bridgehead atoms. The number of nitrogens with one attached hydrogen (secondary N) is 1. The highest BCUT2D eigenvalue weighted by atomic mass is 32.2. The Kier molecular flexibility index (Phi) is 5.37. The molecule has 0 radical (unpaired) electrons. The minimum atomic E-state index is -0.739. The second-order valence-electron chi connectivity index (χ2n) is 8.42. The molecule has 3 aromatic rings. The van der Waals surface area contributed by atoms with Crippen molar-refractivity contribution in [1.82, 2.24) is 9.88 Å². The summed E-state index contributed by atoms with van der Waals surface area (Å²) in [6.45, 7) is 2.81. The van der Waals surface area contributed by atoms with Crippen LogP contribution in [0, 0.1) is 12.7 Å². The summed E-state index contributed by atoms with van der Waals surface area (Å²) in [6.07, 6.45) is 1.61. The average Bonchev–Trinajstić information content (AvgIpc) is 3.10. The summed E-state index contributed by atoms with van der Waals surface area (Å²) in [5, 5.41) is 3.64.